The number of hydrogen-bond donors (Lipinski definition) is 0. The fourth-order valence-electron chi connectivity index (χ4n) is 1.73. The van der Waals surface area contributed by atoms with Crippen LogP contribution in [0.5, 0.6) is 0 Å². The second kappa shape index (κ2) is 5.92. The van der Waals surface area contributed by atoms with Crippen molar-refractivity contribution in [1.82, 2.24) is 4.98 Å². The van der Waals surface area contributed by atoms with E-state index in [1.165, 1.54) is 12.1 Å². The molecule has 0 N–H and O–H groups in total. The summed E-state index contributed by atoms with van der Waals surface area (Å²) >= 11 is 5.78. The number of nitrogens with zero attached hydrogens (tertiary/aromatic N) is 1. The Hall–Kier alpha value is -2.15. The van der Waals surface area contributed by atoms with Gasteiger partial charge in [0.05, 0.1) is 23.4 Å². The van der Waals surface area contributed by atoms with E-state index in [-0.39, 0.29) is 22.0 Å². The minimum absolute atomic E-state index is 0.0112. The maximum absolute atomic E-state index is 13.9. The van der Waals surface area contributed by atoms with Crippen molar-refractivity contribution in [3.05, 3.63) is 52.4 Å². The largest absolute Gasteiger partial charge is 0.464 e. The zero-order valence-electron chi connectivity index (χ0n) is 11.0. The minimum Gasteiger partial charge on any atom is -0.464 e. The summed E-state index contributed by atoms with van der Waals surface area (Å²) < 4.78 is 55.9. The van der Waals surface area contributed by atoms with Gasteiger partial charge in [0, 0.05) is 5.56 Å². The number of hydrogen-bond acceptors (Lipinski definition) is 3. The molecule has 0 amide bonds. The molecule has 22 heavy (non-hydrogen) atoms. The summed E-state index contributed by atoms with van der Waals surface area (Å²) in [5.74, 6) is -1.94. The highest BCUT2D eigenvalue weighted by atomic mass is 35.5. The van der Waals surface area contributed by atoms with Crippen LogP contribution in [0.25, 0.3) is 11.3 Å². The number of methoxy groups -OCH3 is 1. The molecule has 0 atom stereocenters. The highest BCUT2D eigenvalue weighted by Crippen LogP contribution is 2.32. The number of alkyl halides is 3. The second-order valence-corrected chi connectivity index (χ2v) is 4.62. The molecule has 0 radical (unpaired) electrons. The van der Waals surface area contributed by atoms with Gasteiger partial charge in [0.1, 0.15) is 5.82 Å². The van der Waals surface area contributed by atoms with E-state index in [9.17, 15) is 22.4 Å². The lowest BCUT2D eigenvalue weighted by molar-refractivity contribution is -0.137. The van der Waals surface area contributed by atoms with Crippen molar-refractivity contribution < 1.29 is 27.1 Å². The van der Waals surface area contributed by atoms with Gasteiger partial charge in [-0.25, -0.2) is 14.2 Å². The van der Waals surface area contributed by atoms with E-state index in [1.54, 1.807) is 0 Å². The number of carbonyl (C=O) groups is 1. The maximum Gasteiger partial charge on any atom is 0.416 e. The number of rotatable bonds is 2. The van der Waals surface area contributed by atoms with E-state index < -0.39 is 23.5 Å². The molecule has 0 aliphatic heterocycles. The summed E-state index contributed by atoms with van der Waals surface area (Å²) in [4.78, 5) is 15.3. The predicted octanol–water partition coefficient (Wildman–Crippen LogP) is 4.35. The average molecular weight is 334 g/mol. The first-order chi connectivity index (χ1) is 10.2. The van der Waals surface area contributed by atoms with E-state index in [1.807, 2.05) is 0 Å². The Bertz CT molecular complexity index is 731. The molecule has 0 spiro atoms. The number of carbonyl (C=O) groups excluding carboxylic acids is 1. The molecule has 1 aromatic carbocycles. The molecule has 2 aromatic rings. The molecule has 0 aliphatic rings. The van der Waals surface area contributed by atoms with Crippen molar-refractivity contribution in [3.63, 3.8) is 0 Å². The molecular weight excluding hydrogens is 326 g/mol. The van der Waals surface area contributed by atoms with Crippen LogP contribution >= 0.6 is 11.6 Å². The van der Waals surface area contributed by atoms with Crippen LogP contribution in [0.2, 0.25) is 5.02 Å². The van der Waals surface area contributed by atoms with Crippen molar-refractivity contribution >= 4 is 17.6 Å². The van der Waals surface area contributed by atoms with Crippen LogP contribution in [0.4, 0.5) is 17.6 Å². The standard InChI is InChI=1S/C14H8ClF4NO2/c1-22-13(21)12-9(15)4-5-11(20-12)8-3-2-7(6-10(8)16)14(17,18)19/h2-6H,1H3. The second-order valence-electron chi connectivity index (χ2n) is 4.21. The molecule has 0 bridgehead atoms. The Labute approximate surface area is 127 Å². The van der Waals surface area contributed by atoms with Crippen LogP contribution in [-0.4, -0.2) is 18.1 Å². The minimum atomic E-state index is -4.65. The van der Waals surface area contributed by atoms with Gasteiger partial charge < -0.3 is 4.74 Å². The summed E-state index contributed by atoms with van der Waals surface area (Å²) in [5, 5.41) is -0.0112. The molecule has 8 heteroatoms. The molecule has 0 aliphatic carbocycles. The maximum atomic E-state index is 13.9. The average Bonchev–Trinajstić information content (AvgIpc) is 2.46. The van der Waals surface area contributed by atoms with Gasteiger partial charge in [-0.1, -0.05) is 11.6 Å². The quantitative estimate of drug-likeness (QED) is 0.606. The van der Waals surface area contributed by atoms with Gasteiger partial charge in [0.2, 0.25) is 0 Å². The third-order valence-corrected chi connectivity index (χ3v) is 3.10. The number of ether oxygens (including phenoxy) is 1. The van der Waals surface area contributed by atoms with E-state index in [0.717, 1.165) is 19.2 Å². The van der Waals surface area contributed by atoms with Gasteiger partial charge in [0.25, 0.3) is 0 Å². The molecular formula is C14H8ClF4NO2. The monoisotopic (exact) mass is 333 g/mol. The lowest BCUT2D eigenvalue weighted by Crippen LogP contribution is -2.07. The van der Waals surface area contributed by atoms with Crippen LogP contribution in [-0.2, 0) is 10.9 Å². The topological polar surface area (TPSA) is 39.2 Å². The Kier molecular flexibility index (Phi) is 4.37. The molecule has 1 aromatic heterocycles. The normalized spacial score (nSPS) is 11.4. The highest BCUT2D eigenvalue weighted by molar-refractivity contribution is 6.33. The van der Waals surface area contributed by atoms with Crippen molar-refractivity contribution in [2.45, 2.75) is 6.18 Å². The van der Waals surface area contributed by atoms with Crippen molar-refractivity contribution in [2.24, 2.45) is 0 Å². The Balaban J connectivity index is 2.51. The number of aromatic nitrogens is 1. The first-order valence-electron chi connectivity index (χ1n) is 5.86. The lowest BCUT2D eigenvalue weighted by Gasteiger charge is -2.10. The zero-order chi connectivity index (χ0) is 16.5. The van der Waals surface area contributed by atoms with Gasteiger partial charge in [-0.3, -0.25) is 0 Å². The molecule has 0 fully saturated rings. The zero-order valence-corrected chi connectivity index (χ0v) is 11.8. The van der Waals surface area contributed by atoms with Crippen molar-refractivity contribution in [3.8, 4) is 11.3 Å². The van der Waals surface area contributed by atoms with E-state index in [4.69, 9.17) is 11.6 Å². The number of pyridine rings is 1. The Morgan fingerprint density at radius 2 is 1.91 bits per heavy atom. The fourth-order valence-corrected chi connectivity index (χ4v) is 1.91. The Morgan fingerprint density at radius 1 is 1.23 bits per heavy atom. The summed E-state index contributed by atoms with van der Waals surface area (Å²) in [7, 11) is 1.12. The first-order valence-corrected chi connectivity index (χ1v) is 6.24. The van der Waals surface area contributed by atoms with Crippen molar-refractivity contribution in [2.75, 3.05) is 7.11 Å². The lowest BCUT2D eigenvalue weighted by atomic mass is 10.1. The van der Waals surface area contributed by atoms with Gasteiger partial charge in [-0.2, -0.15) is 13.2 Å². The van der Waals surface area contributed by atoms with Gasteiger partial charge in [0.15, 0.2) is 5.69 Å². The van der Waals surface area contributed by atoms with Crippen LogP contribution in [0.15, 0.2) is 30.3 Å². The highest BCUT2D eigenvalue weighted by Gasteiger charge is 2.31. The smallest absolute Gasteiger partial charge is 0.416 e. The predicted molar refractivity (Wildman–Crippen MR) is 71.0 cm³/mol. The molecule has 116 valence electrons. The van der Waals surface area contributed by atoms with Gasteiger partial charge in [-0.05, 0) is 30.3 Å². The number of halogens is 5. The molecule has 3 nitrogen and oxygen atoms in total. The fraction of sp³-hybridized carbons (Fsp3) is 0.143. The van der Waals surface area contributed by atoms with E-state index in [2.05, 4.69) is 9.72 Å². The number of esters is 1. The molecule has 1 heterocycles. The first kappa shape index (κ1) is 16.2. The van der Waals surface area contributed by atoms with Crippen LogP contribution < -0.4 is 0 Å². The van der Waals surface area contributed by atoms with Crippen LogP contribution in [0.1, 0.15) is 16.1 Å². The third-order valence-electron chi connectivity index (χ3n) is 2.80. The SMILES string of the molecule is COC(=O)c1nc(-c2ccc(C(F)(F)F)cc2F)ccc1Cl. The van der Waals surface area contributed by atoms with Crippen molar-refractivity contribution in [1.29, 1.82) is 0 Å². The summed E-state index contributed by atoms with van der Waals surface area (Å²) in [5.41, 5.74) is -1.58. The summed E-state index contributed by atoms with van der Waals surface area (Å²) in [6, 6.07) is 4.61. The van der Waals surface area contributed by atoms with Crippen LogP contribution in [0, 0.1) is 5.82 Å². The summed E-state index contributed by atoms with van der Waals surface area (Å²) in [6.45, 7) is 0. The van der Waals surface area contributed by atoms with E-state index in [0.29, 0.717) is 6.07 Å². The number of benzene rings is 1. The van der Waals surface area contributed by atoms with Crippen LogP contribution in [0.3, 0.4) is 0 Å². The van der Waals surface area contributed by atoms with Gasteiger partial charge in [-0.15, -0.1) is 0 Å². The summed E-state index contributed by atoms with van der Waals surface area (Å²) in [6.07, 6.45) is -4.65. The van der Waals surface area contributed by atoms with E-state index >= 15 is 0 Å². The molecule has 0 unspecified atom stereocenters. The molecule has 2 rings (SSSR count). The molecule has 0 saturated heterocycles. The van der Waals surface area contributed by atoms with Gasteiger partial charge >= 0.3 is 12.1 Å². The molecule has 0 saturated carbocycles. The Morgan fingerprint density at radius 3 is 2.45 bits per heavy atom. The third kappa shape index (κ3) is 3.19.